The van der Waals surface area contributed by atoms with Gasteiger partial charge >= 0.3 is 0 Å². The maximum absolute atomic E-state index is 4.46. The van der Waals surface area contributed by atoms with Crippen molar-refractivity contribution >= 4 is 5.82 Å². The molecule has 1 heterocycles. The van der Waals surface area contributed by atoms with Crippen molar-refractivity contribution in [3.8, 4) is 0 Å². The topological polar surface area (TPSA) is 37.0 Å². The minimum Gasteiger partial charge on any atom is -0.368 e. The van der Waals surface area contributed by atoms with Crippen molar-refractivity contribution in [1.29, 1.82) is 0 Å². The molecule has 3 heteroatoms. The summed E-state index contributed by atoms with van der Waals surface area (Å²) < 4.78 is 0. The first kappa shape index (κ1) is 13.0. The fraction of sp³-hybridized carbons (Fsp3) is 0.615. The number of hydrogen-bond donors (Lipinski definition) is 2. The molecule has 0 unspecified atom stereocenters. The van der Waals surface area contributed by atoms with E-state index < -0.39 is 0 Å². The van der Waals surface area contributed by atoms with Crippen LogP contribution >= 0.6 is 0 Å². The fourth-order valence-electron chi connectivity index (χ4n) is 1.53. The summed E-state index contributed by atoms with van der Waals surface area (Å²) in [5.41, 5.74) is 2.34. The van der Waals surface area contributed by atoms with Crippen molar-refractivity contribution in [2.75, 3.05) is 5.32 Å². The zero-order valence-corrected chi connectivity index (χ0v) is 11.0. The first-order valence-corrected chi connectivity index (χ1v) is 5.95. The molecule has 0 aliphatic heterocycles. The number of nitrogens with zero attached hydrogens (tertiary/aromatic N) is 1. The van der Waals surface area contributed by atoms with E-state index in [1.54, 1.807) is 0 Å². The van der Waals surface area contributed by atoms with E-state index in [1.165, 1.54) is 5.56 Å². The normalized spacial score (nSPS) is 11.2. The highest BCUT2D eigenvalue weighted by Crippen LogP contribution is 2.11. The molecule has 0 aliphatic rings. The van der Waals surface area contributed by atoms with E-state index >= 15 is 0 Å². The Labute approximate surface area is 98.7 Å². The third-order valence-corrected chi connectivity index (χ3v) is 2.16. The molecule has 0 radical (unpaired) electrons. The maximum atomic E-state index is 4.46. The van der Waals surface area contributed by atoms with E-state index in [9.17, 15) is 0 Å². The molecule has 0 amide bonds. The second kappa shape index (κ2) is 5.85. The van der Waals surface area contributed by atoms with Gasteiger partial charge in [-0.25, -0.2) is 4.98 Å². The van der Waals surface area contributed by atoms with Gasteiger partial charge in [-0.2, -0.15) is 0 Å². The predicted octanol–water partition coefficient (Wildman–Crippen LogP) is 2.71. The van der Waals surface area contributed by atoms with Gasteiger partial charge in [0.2, 0.25) is 0 Å². The second-order valence-electron chi connectivity index (χ2n) is 4.84. The molecule has 3 nitrogen and oxygen atoms in total. The highest BCUT2D eigenvalue weighted by molar-refractivity contribution is 5.40. The van der Waals surface area contributed by atoms with Gasteiger partial charge < -0.3 is 10.6 Å². The Morgan fingerprint density at radius 1 is 1.12 bits per heavy atom. The third-order valence-electron chi connectivity index (χ3n) is 2.16. The largest absolute Gasteiger partial charge is 0.368 e. The molecule has 0 spiro atoms. The quantitative estimate of drug-likeness (QED) is 0.802. The van der Waals surface area contributed by atoms with Gasteiger partial charge in [-0.3, -0.25) is 0 Å². The number of nitrogens with one attached hydrogen (secondary N) is 2. The van der Waals surface area contributed by atoms with E-state index in [0.29, 0.717) is 12.1 Å². The van der Waals surface area contributed by atoms with Crippen molar-refractivity contribution in [2.24, 2.45) is 0 Å². The molecule has 0 saturated heterocycles. The van der Waals surface area contributed by atoms with Gasteiger partial charge in [-0.15, -0.1) is 0 Å². The van der Waals surface area contributed by atoms with Gasteiger partial charge in [-0.1, -0.05) is 13.8 Å². The molecular weight excluding hydrogens is 198 g/mol. The lowest BCUT2D eigenvalue weighted by Gasteiger charge is -2.13. The Morgan fingerprint density at radius 3 is 2.38 bits per heavy atom. The molecule has 90 valence electrons. The van der Waals surface area contributed by atoms with Crippen LogP contribution in [0.4, 0.5) is 5.82 Å². The lowest BCUT2D eigenvalue weighted by Crippen LogP contribution is -2.22. The average Bonchev–Trinajstić information content (AvgIpc) is 2.12. The maximum Gasteiger partial charge on any atom is 0.126 e. The zero-order valence-electron chi connectivity index (χ0n) is 11.0. The number of rotatable bonds is 5. The van der Waals surface area contributed by atoms with Gasteiger partial charge in [0.1, 0.15) is 5.82 Å². The minimum absolute atomic E-state index is 0.417. The van der Waals surface area contributed by atoms with Crippen LogP contribution in [0.2, 0.25) is 0 Å². The van der Waals surface area contributed by atoms with E-state index in [-0.39, 0.29) is 0 Å². The number of anilines is 1. The van der Waals surface area contributed by atoms with Crippen LogP contribution in [-0.4, -0.2) is 17.1 Å². The summed E-state index contributed by atoms with van der Waals surface area (Å²) in [6.45, 7) is 11.5. The molecule has 1 aromatic rings. The van der Waals surface area contributed by atoms with Gasteiger partial charge in [0.25, 0.3) is 0 Å². The number of pyridine rings is 1. The monoisotopic (exact) mass is 221 g/mol. The van der Waals surface area contributed by atoms with E-state index in [2.05, 4.69) is 55.4 Å². The molecule has 0 bridgehead atoms. The number of aromatic nitrogens is 1. The second-order valence-corrected chi connectivity index (χ2v) is 4.84. The Balaban J connectivity index is 2.73. The smallest absolute Gasteiger partial charge is 0.126 e. The first-order chi connectivity index (χ1) is 7.47. The van der Waals surface area contributed by atoms with Crippen molar-refractivity contribution in [3.63, 3.8) is 0 Å². The molecular formula is C13H23N3. The van der Waals surface area contributed by atoms with E-state index in [0.717, 1.165) is 18.1 Å². The molecule has 2 N–H and O–H groups in total. The van der Waals surface area contributed by atoms with Crippen LogP contribution in [0.15, 0.2) is 12.1 Å². The molecule has 0 fully saturated rings. The van der Waals surface area contributed by atoms with Crippen LogP contribution in [0.5, 0.6) is 0 Å². The van der Waals surface area contributed by atoms with Crippen molar-refractivity contribution in [1.82, 2.24) is 10.3 Å². The Morgan fingerprint density at radius 2 is 1.81 bits per heavy atom. The third kappa shape index (κ3) is 4.62. The Hall–Kier alpha value is -1.09. The summed E-state index contributed by atoms with van der Waals surface area (Å²) in [6.07, 6.45) is 0. The van der Waals surface area contributed by atoms with Crippen LogP contribution < -0.4 is 10.6 Å². The zero-order chi connectivity index (χ0) is 12.1. The van der Waals surface area contributed by atoms with Gasteiger partial charge in [0.15, 0.2) is 0 Å². The van der Waals surface area contributed by atoms with Gasteiger partial charge in [0.05, 0.1) is 0 Å². The standard InChI is InChI=1S/C13H23N3/c1-9(2)14-8-12-6-11(5)16-13(7-12)15-10(3)4/h6-7,9-10,14H,8H2,1-5H3,(H,15,16). The highest BCUT2D eigenvalue weighted by Gasteiger charge is 2.02. The van der Waals surface area contributed by atoms with Crippen molar-refractivity contribution < 1.29 is 0 Å². The SMILES string of the molecule is Cc1cc(CNC(C)C)cc(NC(C)C)n1. The molecule has 1 rings (SSSR count). The molecule has 0 aromatic carbocycles. The molecule has 0 atom stereocenters. The number of aryl methyl sites for hydroxylation is 1. The summed E-state index contributed by atoms with van der Waals surface area (Å²) in [7, 11) is 0. The minimum atomic E-state index is 0.417. The fourth-order valence-corrected chi connectivity index (χ4v) is 1.53. The van der Waals surface area contributed by atoms with E-state index in [1.807, 2.05) is 6.92 Å². The van der Waals surface area contributed by atoms with Gasteiger partial charge in [-0.05, 0) is 38.5 Å². The summed E-state index contributed by atoms with van der Waals surface area (Å²) in [6, 6.07) is 5.17. The molecule has 0 saturated carbocycles. The van der Waals surface area contributed by atoms with Gasteiger partial charge in [0, 0.05) is 24.3 Å². The summed E-state index contributed by atoms with van der Waals surface area (Å²) in [5, 5.41) is 6.75. The summed E-state index contributed by atoms with van der Waals surface area (Å²) >= 11 is 0. The predicted molar refractivity (Wildman–Crippen MR) is 69.7 cm³/mol. The molecule has 1 aromatic heterocycles. The highest BCUT2D eigenvalue weighted by atomic mass is 15.0. The number of hydrogen-bond acceptors (Lipinski definition) is 3. The lowest BCUT2D eigenvalue weighted by atomic mass is 10.2. The molecule has 16 heavy (non-hydrogen) atoms. The Bertz CT molecular complexity index is 332. The van der Waals surface area contributed by atoms with Crippen molar-refractivity contribution in [3.05, 3.63) is 23.4 Å². The van der Waals surface area contributed by atoms with E-state index in [4.69, 9.17) is 0 Å². The van der Waals surface area contributed by atoms with Crippen LogP contribution in [0.25, 0.3) is 0 Å². The van der Waals surface area contributed by atoms with Crippen LogP contribution in [0.3, 0.4) is 0 Å². The van der Waals surface area contributed by atoms with Crippen LogP contribution in [0, 0.1) is 6.92 Å². The summed E-state index contributed by atoms with van der Waals surface area (Å²) in [5.74, 6) is 0.968. The Kier molecular flexibility index (Phi) is 4.74. The lowest BCUT2D eigenvalue weighted by molar-refractivity contribution is 0.588. The molecule has 0 aliphatic carbocycles. The average molecular weight is 221 g/mol. The van der Waals surface area contributed by atoms with Crippen molar-refractivity contribution in [2.45, 2.75) is 53.2 Å². The van der Waals surface area contributed by atoms with Crippen LogP contribution in [-0.2, 0) is 6.54 Å². The summed E-state index contributed by atoms with van der Waals surface area (Å²) in [4.78, 5) is 4.46. The first-order valence-electron chi connectivity index (χ1n) is 5.95. The van der Waals surface area contributed by atoms with Crippen LogP contribution in [0.1, 0.15) is 39.0 Å².